The van der Waals surface area contributed by atoms with Gasteiger partial charge in [0.15, 0.2) is 5.58 Å². The van der Waals surface area contributed by atoms with Gasteiger partial charge in [-0.15, -0.1) is 0 Å². The lowest BCUT2D eigenvalue weighted by Gasteiger charge is -2.28. The zero-order chi connectivity index (χ0) is 19.3. The number of nitrogens with one attached hydrogen (secondary N) is 1. The van der Waals surface area contributed by atoms with Gasteiger partial charge < -0.3 is 14.6 Å². The van der Waals surface area contributed by atoms with Crippen molar-refractivity contribution >= 4 is 16.9 Å². The summed E-state index contributed by atoms with van der Waals surface area (Å²) in [7, 11) is 1.67. The number of carbonyl (C=O) groups excluding carboxylic acids is 1. The molecule has 28 heavy (non-hydrogen) atoms. The molecule has 1 amide bonds. The van der Waals surface area contributed by atoms with Gasteiger partial charge in [0.2, 0.25) is 5.91 Å². The summed E-state index contributed by atoms with van der Waals surface area (Å²) in [4.78, 5) is 15.0. The highest BCUT2D eigenvalue weighted by atomic mass is 16.5. The van der Waals surface area contributed by atoms with Crippen LogP contribution in [0.2, 0.25) is 0 Å². The van der Waals surface area contributed by atoms with Crippen molar-refractivity contribution in [2.45, 2.75) is 25.3 Å². The van der Waals surface area contributed by atoms with Gasteiger partial charge in [0.25, 0.3) is 0 Å². The second-order valence-corrected chi connectivity index (χ2v) is 7.14. The van der Waals surface area contributed by atoms with E-state index in [-0.39, 0.29) is 18.4 Å². The van der Waals surface area contributed by atoms with E-state index < -0.39 is 0 Å². The van der Waals surface area contributed by atoms with Gasteiger partial charge in [-0.1, -0.05) is 29.4 Å². The minimum Gasteiger partial charge on any atom is -0.497 e. The van der Waals surface area contributed by atoms with Gasteiger partial charge in [-0.3, -0.25) is 9.69 Å². The number of ether oxygens (including phenoxy) is 1. The number of para-hydroxylation sites is 1. The molecule has 1 aromatic heterocycles. The molecule has 6 heteroatoms. The average molecular weight is 379 g/mol. The van der Waals surface area contributed by atoms with E-state index in [1.165, 1.54) is 18.4 Å². The van der Waals surface area contributed by atoms with E-state index in [9.17, 15) is 4.79 Å². The molecule has 1 aliphatic rings. The summed E-state index contributed by atoms with van der Waals surface area (Å²) < 4.78 is 10.6. The highest BCUT2D eigenvalue weighted by molar-refractivity contribution is 5.86. The summed E-state index contributed by atoms with van der Waals surface area (Å²) in [5.41, 5.74) is 2.57. The molecular formula is C22H25N3O3. The number of carbonyl (C=O) groups is 1. The van der Waals surface area contributed by atoms with Gasteiger partial charge in [0, 0.05) is 11.9 Å². The number of hydrogen-bond donors (Lipinski definition) is 1. The van der Waals surface area contributed by atoms with Crippen LogP contribution in [-0.2, 0) is 11.2 Å². The number of nitrogens with zero attached hydrogens (tertiary/aromatic N) is 2. The molecule has 0 saturated carbocycles. The van der Waals surface area contributed by atoms with E-state index in [1.54, 1.807) is 7.11 Å². The molecule has 1 aliphatic heterocycles. The Kier molecular flexibility index (Phi) is 5.58. The van der Waals surface area contributed by atoms with Crippen LogP contribution in [0.1, 0.15) is 30.1 Å². The Bertz CT molecular complexity index is 930. The molecule has 0 bridgehead atoms. The maximum atomic E-state index is 12.6. The molecule has 0 aliphatic carbocycles. The molecular weight excluding hydrogens is 354 g/mol. The van der Waals surface area contributed by atoms with Crippen LogP contribution >= 0.6 is 0 Å². The smallest absolute Gasteiger partial charge is 0.226 e. The second kappa shape index (κ2) is 8.44. The summed E-state index contributed by atoms with van der Waals surface area (Å²) in [6, 6.07) is 15.9. The molecule has 6 nitrogen and oxygen atoms in total. The number of methoxy groups -OCH3 is 1. The van der Waals surface area contributed by atoms with Crippen molar-refractivity contribution in [2.24, 2.45) is 0 Å². The number of fused-ring (bicyclic) bond motifs is 1. The van der Waals surface area contributed by atoms with Crippen LogP contribution in [0, 0.1) is 0 Å². The fourth-order valence-corrected chi connectivity index (χ4v) is 3.83. The van der Waals surface area contributed by atoms with Crippen LogP contribution < -0.4 is 10.1 Å². The first-order valence-electron chi connectivity index (χ1n) is 9.72. The van der Waals surface area contributed by atoms with Crippen LogP contribution in [0.4, 0.5) is 0 Å². The van der Waals surface area contributed by atoms with E-state index in [0.717, 1.165) is 24.2 Å². The molecule has 1 saturated heterocycles. The van der Waals surface area contributed by atoms with Gasteiger partial charge in [-0.05, 0) is 55.8 Å². The summed E-state index contributed by atoms with van der Waals surface area (Å²) in [6.45, 7) is 2.68. The summed E-state index contributed by atoms with van der Waals surface area (Å²) in [5.74, 6) is 0.794. The van der Waals surface area contributed by atoms with E-state index >= 15 is 0 Å². The molecule has 2 heterocycles. The quantitative estimate of drug-likeness (QED) is 0.682. The molecule has 1 fully saturated rings. The Hall–Kier alpha value is -2.86. The second-order valence-electron chi connectivity index (χ2n) is 7.14. The first kappa shape index (κ1) is 18.5. The van der Waals surface area contributed by atoms with Gasteiger partial charge in [-0.25, -0.2) is 0 Å². The molecule has 0 spiro atoms. The summed E-state index contributed by atoms with van der Waals surface area (Å²) in [6.07, 6.45) is 2.61. The number of aromatic nitrogens is 1. The van der Waals surface area contributed by atoms with Gasteiger partial charge >= 0.3 is 0 Å². The molecule has 4 rings (SSSR count). The SMILES string of the molecule is COc1ccc(C(CNC(=O)Cc2noc3ccccc23)N2CCCC2)cc1. The largest absolute Gasteiger partial charge is 0.497 e. The first-order chi connectivity index (χ1) is 13.7. The molecule has 146 valence electrons. The van der Waals surface area contributed by atoms with Gasteiger partial charge in [0.1, 0.15) is 11.4 Å². The molecule has 1 unspecified atom stereocenters. The Labute approximate surface area is 164 Å². The Morgan fingerprint density at radius 1 is 1.18 bits per heavy atom. The van der Waals surface area contributed by atoms with Crippen LogP contribution in [0.25, 0.3) is 11.0 Å². The zero-order valence-corrected chi connectivity index (χ0v) is 16.1. The lowest BCUT2D eigenvalue weighted by atomic mass is 10.0. The lowest BCUT2D eigenvalue weighted by molar-refractivity contribution is -0.120. The third-order valence-electron chi connectivity index (χ3n) is 5.35. The molecule has 2 aromatic carbocycles. The molecule has 3 aromatic rings. The maximum absolute atomic E-state index is 12.6. The fraction of sp³-hybridized carbons (Fsp3) is 0.364. The number of benzene rings is 2. The number of rotatable bonds is 7. The third kappa shape index (κ3) is 4.02. The van der Waals surface area contributed by atoms with Crippen LogP contribution in [-0.4, -0.2) is 42.7 Å². The van der Waals surface area contributed by atoms with Gasteiger partial charge in [-0.2, -0.15) is 0 Å². The van der Waals surface area contributed by atoms with Crippen LogP contribution in [0.5, 0.6) is 5.75 Å². The first-order valence-corrected chi connectivity index (χ1v) is 9.72. The number of hydrogen-bond acceptors (Lipinski definition) is 5. The zero-order valence-electron chi connectivity index (χ0n) is 16.1. The third-order valence-corrected chi connectivity index (χ3v) is 5.35. The van der Waals surface area contributed by atoms with E-state index in [2.05, 4.69) is 27.5 Å². The minimum absolute atomic E-state index is 0.0447. The predicted octanol–water partition coefficient (Wildman–Crippen LogP) is 3.33. The van der Waals surface area contributed by atoms with Gasteiger partial charge in [0.05, 0.1) is 19.6 Å². The minimum atomic E-state index is -0.0447. The highest BCUT2D eigenvalue weighted by Crippen LogP contribution is 2.26. The Morgan fingerprint density at radius 2 is 1.93 bits per heavy atom. The van der Waals surface area contributed by atoms with E-state index in [0.29, 0.717) is 17.8 Å². The normalized spacial score (nSPS) is 15.6. The van der Waals surface area contributed by atoms with Crippen molar-refractivity contribution in [3.05, 3.63) is 59.8 Å². The van der Waals surface area contributed by atoms with E-state index in [1.807, 2.05) is 36.4 Å². The summed E-state index contributed by atoms with van der Waals surface area (Å²) in [5, 5.41) is 8.05. The van der Waals surface area contributed by atoms with Crippen LogP contribution in [0.15, 0.2) is 53.1 Å². The average Bonchev–Trinajstić information content (AvgIpc) is 3.40. The van der Waals surface area contributed by atoms with Crippen LogP contribution in [0.3, 0.4) is 0 Å². The lowest BCUT2D eigenvalue weighted by Crippen LogP contribution is -2.37. The van der Waals surface area contributed by atoms with Crippen molar-refractivity contribution in [3.8, 4) is 5.75 Å². The maximum Gasteiger partial charge on any atom is 0.226 e. The number of amides is 1. The Balaban J connectivity index is 1.43. The Morgan fingerprint density at radius 3 is 2.68 bits per heavy atom. The van der Waals surface area contributed by atoms with E-state index in [4.69, 9.17) is 9.26 Å². The van der Waals surface area contributed by atoms with Crippen molar-refractivity contribution < 1.29 is 14.1 Å². The predicted molar refractivity (Wildman–Crippen MR) is 107 cm³/mol. The van der Waals surface area contributed by atoms with Crippen molar-refractivity contribution in [3.63, 3.8) is 0 Å². The topological polar surface area (TPSA) is 67.6 Å². The highest BCUT2D eigenvalue weighted by Gasteiger charge is 2.24. The van der Waals surface area contributed by atoms with Crippen molar-refractivity contribution in [1.82, 2.24) is 15.4 Å². The monoisotopic (exact) mass is 379 g/mol. The van der Waals surface area contributed by atoms with Crippen molar-refractivity contribution in [1.29, 1.82) is 0 Å². The standard InChI is InChI=1S/C22H25N3O3/c1-27-17-10-8-16(9-11-17)20(25-12-4-5-13-25)15-23-22(26)14-19-18-6-2-3-7-21(18)28-24-19/h2-3,6-11,20H,4-5,12-15H2,1H3,(H,23,26). The fourth-order valence-electron chi connectivity index (χ4n) is 3.83. The molecule has 0 radical (unpaired) electrons. The van der Waals surface area contributed by atoms with Crippen molar-refractivity contribution in [2.75, 3.05) is 26.7 Å². The number of likely N-dealkylation sites (tertiary alicyclic amines) is 1. The molecule has 1 N–H and O–H groups in total. The summed E-state index contributed by atoms with van der Waals surface area (Å²) >= 11 is 0. The molecule has 1 atom stereocenters.